The van der Waals surface area contributed by atoms with Crippen LogP contribution in [0.3, 0.4) is 0 Å². The molecule has 0 saturated carbocycles. The molecule has 0 fully saturated rings. The van der Waals surface area contributed by atoms with E-state index in [2.05, 4.69) is 15.3 Å². The SMILES string of the molecule is CC(Nc1cc(Cl)nc(N)n1)c1c(F)cccc1Cl. The number of aromatic nitrogens is 2. The summed E-state index contributed by atoms with van der Waals surface area (Å²) in [5.41, 5.74) is 5.85. The summed E-state index contributed by atoms with van der Waals surface area (Å²) in [6.45, 7) is 1.76. The van der Waals surface area contributed by atoms with E-state index in [0.29, 0.717) is 16.4 Å². The summed E-state index contributed by atoms with van der Waals surface area (Å²) in [5, 5.41) is 3.53. The summed E-state index contributed by atoms with van der Waals surface area (Å²) in [7, 11) is 0. The van der Waals surface area contributed by atoms with Crippen LogP contribution in [-0.2, 0) is 0 Å². The van der Waals surface area contributed by atoms with Crippen molar-refractivity contribution < 1.29 is 4.39 Å². The van der Waals surface area contributed by atoms with Gasteiger partial charge in [0.2, 0.25) is 5.95 Å². The molecule has 19 heavy (non-hydrogen) atoms. The van der Waals surface area contributed by atoms with E-state index in [9.17, 15) is 4.39 Å². The highest BCUT2D eigenvalue weighted by Crippen LogP contribution is 2.28. The zero-order valence-electron chi connectivity index (χ0n) is 9.99. The molecule has 0 amide bonds. The van der Waals surface area contributed by atoms with Crippen molar-refractivity contribution in [3.05, 3.63) is 45.8 Å². The van der Waals surface area contributed by atoms with Crippen molar-refractivity contribution in [2.24, 2.45) is 0 Å². The average Bonchev–Trinajstić information content (AvgIpc) is 2.26. The number of anilines is 2. The van der Waals surface area contributed by atoms with Crippen molar-refractivity contribution in [1.29, 1.82) is 0 Å². The van der Waals surface area contributed by atoms with Crippen LogP contribution in [-0.4, -0.2) is 9.97 Å². The Morgan fingerprint density at radius 3 is 2.68 bits per heavy atom. The summed E-state index contributed by atoms with van der Waals surface area (Å²) >= 11 is 11.8. The van der Waals surface area contributed by atoms with Crippen molar-refractivity contribution in [1.82, 2.24) is 9.97 Å². The molecule has 3 N–H and O–H groups in total. The van der Waals surface area contributed by atoms with E-state index >= 15 is 0 Å². The van der Waals surface area contributed by atoms with E-state index in [-0.39, 0.29) is 23.0 Å². The quantitative estimate of drug-likeness (QED) is 0.849. The van der Waals surface area contributed by atoms with Crippen LogP contribution in [0.1, 0.15) is 18.5 Å². The van der Waals surface area contributed by atoms with Gasteiger partial charge in [-0.2, -0.15) is 4.98 Å². The fourth-order valence-electron chi connectivity index (χ4n) is 1.73. The molecule has 100 valence electrons. The first-order chi connectivity index (χ1) is 8.97. The van der Waals surface area contributed by atoms with E-state index in [1.54, 1.807) is 19.1 Å². The van der Waals surface area contributed by atoms with Gasteiger partial charge in [-0.1, -0.05) is 29.3 Å². The van der Waals surface area contributed by atoms with Crippen molar-refractivity contribution >= 4 is 35.0 Å². The number of benzene rings is 1. The van der Waals surface area contributed by atoms with E-state index in [0.717, 1.165) is 0 Å². The zero-order chi connectivity index (χ0) is 14.0. The summed E-state index contributed by atoms with van der Waals surface area (Å²) in [4.78, 5) is 7.71. The molecular formula is C12H11Cl2FN4. The minimum absolute atomic E-state index is 0.0434. The fraction of sp³-hybridized carbons (Fsp3) is 0.167. The number of hydrogen-bond acceptors (Lipinski definition) is 4. The molecule has 0 saturated heterocycles. The number of nitrogen functional groups attached to an aromatic ring is 1. The molecule has 1 unspecified atom stereocenters. The molecule has 7 heteroatoms. The standard InChI is InChI=1S/C12H11Cl2FN4/c1-6(11-7(13)3-2-4-8(11)15)17-10-5-9(14)18-12(16)19-10/h2-6H,1H3,(H3,16,17,18,19). The van der Waals surface area contributed by atoms with Gasteiger partial charge in [-0.15, -0.1) is 0 Å². The van der Waals surface area contributed by atoms with Gasteiger partial charge in [0.15, 0.2) is 0 Å². The molecule has 0 aliphatic rings. The molecule has 1 heterocycles. The lowest BCUT2D eigenvalue weighted by molar-refractivity contribution is 0.600. The lowest BCUT2D eigenvalue weighted by atomic mass is 10.1. The third kappa shape index (κ3) is 3.24. The van der Waals surface area contributed by atoms with Crippen molar-refractivity contribution in [3.63, 3.8) is 0 Å². The lowest BCUT2D eigenvalue weighted by Gasteiger charge is -2.17. The zero-order valence-corrected chi connectivity index (χ0v) is 11.5. The molecule has 0 radical (unpaired) electrons. The maximum absolute atomic E-state index is 13.8. The van der Waals surface area contributed by atoms with Crippen LogP contribution in [0.5, 0.6) is 0 Å². The Morgan fingerprint density at radius 1 is 1.32 bits per heavy atom. The summed E-state index contributed by atoms with van der Waals surface area (Å²) in [5.74, 6) is 0.0618. The first-order valence-electron chi connectivity index (χ1n) is 5.48. The third-order valence-corrected chi connectivity index (χ3v) is 3.03. The molecule has 2 aromatic rings. The van der Waals surface area contributed by atoms with Crippen molar-refractivity contribution in [2.75, 3.05) is 11.1 Å². The van der Waals surface area contributed by atoms with Crippen LogP contribution in [0.2, 0.25) is 10.2 Å². The molecule has 4 nitrogen and oxygen atoms in total. The second kappa shape index (κ2) is 5.59. The highest BCUT2D eigenvalue weighted by molar-refractivity contribution is 6.31. The number of halogens is 3. The minimum Gasteiger partial charge on any atom is -0.368 e. The predicted octanol–water partition coefficient (Wildman–Crippen LogP) is 3.68. The number of nitrogens with two attached hydrogens (primary N) is 1. The topological polar surface area (TPSA) is 63.8 Å². The Kier molecular flexibility index (Phi) is 4.07. The highest BCUT2D eigenvalue weighted by Gasteiger charge is 2.15. The number of rotatable bonds is 3. The Morgan fingerprint density at radius 2 is 2.05 bits per heavy atom. The molecule has 1 aromatic carbocycles. The van der Waals surface area contributed by atoms with Gasteiger partial charge in [-0.3, -0.25) is 0 Å². The van der Waals surface area contributed by atoms with E-state index in [1.807, 2.05) is 0 Å². The summed E-state index contributed by atoms with van der Waals surface area (Å²) in [6, 6.07) is 5.63. The lowest BCUT2D eigenvalue weighted by Crippen LogP contribution is -2.11. The minimum atomic E-state index is -0.390. The van der Waals surface area contributed by atoms with Crippen LogP contribution in [0.4, 0.5) is 16.2 Å². The first-order valence-corrected chi connectivity index (χ1v) is 6.23. The molecule has 0 aliphatic carbocycles. The van der Waals surface area contributed by atoms with Crippen LogP contribution >= 0.6 is 23.2 Å². The smallest absolute Gasteiger partial charge is 0.223 e. The van der Waals surface area contributed by atoms with Gasteiger partial charge in [0.25, 0.3) is 0 Å². The third-order valence-electron chi connectivity index (χ3n) is 2.51. The van der Waals surface area contributed by atoms with Crippen LogP contribution < -0.4 is 11.1 Å². The van der Waals surface area contributed by atoms with Crippen molar-refractivity contribution in [3.8, 4) is 0 Å². The number of nitrogens with one attached hydrogen (secondary N) is 1. The summed E-state index contributed by atoms with van der Waals surface area (Å²) < 4.78 is 13.8. The Bertz CT molecular complexity index is 566. The second-order valence-corrected chi connectivity index (χ2v) is 4.73. The molecule has 0 bridgehead atoms. The molecule has 0 aliphatic heterocycles. The van der Waals surface area contributed by atoms with Gasteiger partial charge < -0.3 is 11.1 Å². The maximum atomic E-state index is 13.8. The summed E-state index contributed by atoms with van der Waals surface area (Å²) in [6.07, 6.45) is 0. The van der Waals surface area contributed by atoms with E-state index in [1.165, 1.54) is 12.1 Å². The van der Waals surface area contributed by atoms with E-state index < -0.39 is 0 Å². The fourth-order valence-corrected chi connectivity index (χ4v) is 2.24. The van der Waals surface area contributed by atoms with Crippen LogP contribution in [0.15, 0.2) is 24.3 Å². The van der Waals surface area contributed by atoms with Crippen LogP contribution in [0.25, 0.3) is 0 Å². The predicted molar refractivity (Wildman–Crippen MR) is 74.9 cm³/mol. The molecule has 2 rings (SSSR count). The molecule has 1 atom stereocenters. The Balaban J connectivity index is 2.28. The Hall–Kier alpha value is -1.59. The van der Waals surface area contributed by atoms with Gasteiger partial charge in [0.1, 0.15) is 16.8 Å². The highest BCUT2D eigenvalue weighted by atomic mass is 35.5. The van der Waals surface area contributed by atoms with Gasteiger partial charge in [-0.05, 0) is 19.1 Å². The van der Waals surface area contributed by atoms with Crippen LogP contribution in [0, 0.1) is 5.82 Å². The Labute approximate surface area is 119 Å². The first kappa shape index (κ1) is 13.8. The van der Waals surface area contributed by atoms with Gasteiger partial charge in [0, 0.05) is 16.7 Å². The normalized spacial score (nSPS) is 12.2. The molecule has 0 spiro atoms. The maximum Gasteiger partial charge on any atom is 0.223 e. The van der Waals surface area contributed by atoms with Gasteiger partial charge in [-0.25, -0.2) is 9.37 Å². The molecular weight excluding hydrogens is 290 g/mol. The monoisotopic (exact) mass is 300 g/mol. The van der Waals surface area contributed by atoms with Gasteiger partial charge >= 0.3 is 0 Å². The second-order valence-electron chi connectivity index (χ2n) is 3.94. The van der Waals surface area contributed by atoms with Gasteiger partial charge in [0.05, 0.1) is 6.04 Å². The largest absolute Gasteiger partial charge is 0.368 e. The molecule has 1 aromatic heterocycles. The van der Waals surface area contributed by atoms with E-state index in [4.69, 9.17) is 28.9 Å². The number of hydrogen-bond donors (Lipinski definition) is 2. The average molecular weight is 301 g/mol. The number of nitrogens with zero attached hydrogens (tertiary/aromatic N) is 2. The van der Waals surface area contributed by atoms with Crippen molar-refractivity contribution in [2.45, 2.75) is 13.0 Å².